The van der Waals surface area contributed by atoms with Crippen molar-refractivity contribution in [1.29, 1.82) is 0 Å². The molecule has 35 heavy (non-hydrogen) atoms. The third kappa shape index (κ3) is 4.67. The van der Waals surface area contributed by atoms with Crippen molar-refractivity contribution in [1.82, 2.24) is 29.3 Å². The molecule has 12 nitrogen and oxygen atoms in total. The molecule has 1 saturated heterocycles. The van der Waals surface area contributed by atoms with Crippen molar-refractivity contribution in [3.8, 4) is 17.2 Å². The van der Waals surface area contributed by atoms with E-state index in [1.165, 1.54) is 0 Å². The van der Waals surface area contributed by atoms with Gasteiger partial charge in [-0.15, -0.1) is 5.10 Å². The fraction of sp³-hybridized carbons (Fsp3) is 0.391. The number of fused-ring (bicyclic) bond motifs is 1. The molecule has 0 aliphatic carbocycles. The zero-order valence-corrected chi connectivity index (χ0v) is 19.7. The molecule has 0 amide bonds. The Morgan fingerprint density at radius 3 is 2.83 bits per heavy atom. The van der Waals surface area contributed by atoms with E-state index in [1.807, 2.05) is 41.8 Å². The van der Waals surface area contributed by atoms with Crippen molar-refractivity contribution in [3.05, 3.63) is 58.5 Å². The molecular weight excluding hydrogens is 448 g/mol. The molecule has 0 spiro atoms. The van der Waals surface area contributed by atoms with Crippen LogP contribution in [-0.4, -0.2) is 69.3 Å². The Kier molecular flexibility index (Phi) is 6.57. The molecule has 0 saturated carbocycles. The second-order valence-corrected chi connectivity index (χ2v) is 8.22. The fourth-order valence-electron chi connectivity index (χ4n) is 4.14. The van der Waals surface area contributed by atoms with Crippen LogP contribution < -0.4 is 4.90 Å². The van der Waals surface area contributed by atoms with E-state index in [0.717, 1.165) is 41.1 Å². The van der Waals surface area contributed by atoms with Gasteiger partial charge in [-0.25, -0.2) is 15.0 Å². The molecule has 12 heteroatoms. The lowest BCUT2D eigenvalue weighted by molar-refractivity contribution is 0.123. The first kappa shape index (κ1) is 22.8. The highest BCUT2D eigenvalue weighted by molar-refractivity contribution is 5.87. The summed E-state index contributed by atoms with van der Waals surface area (Å²) in [5.74, 6) is 1.62. The number of morpholine rings is 1. The van der Waals surface area contributed by atoms with Gasteiger partial charge in [0.05, 0.1) is 38.4 Å². The van der Waals surface area contributed by atoms with Crippen molar-refractivity contribution in [2.75, 3.05) is 44.9 Å². The second-order valence-electron chi connectivity index (χ2n) is 8.22. The van der Waals surface area contributed by atoms with Gasteiger partial charge in [-0.2, -0.15) is 4.68 Å². The van der Waals surface area contributed by atoms with Crippen LogP contribution in [0.1, 0.15) is 11.4 Å². The van der Waals surface area contributed by atoms with Crippen LogP contribution in [0.15, 0.2) is 41.8 Å². The van der Waals surface area contributed by atoms with Gasteiger partial charge in [0.15, 0.2) is 17.3 Å². The van der Waals surface area contributed by atoms with Gasteiger partial charge in [-0.1, -0.05) is 28.9 Å². The molecule has 5 rings (SSSR count). The van der Waals surface area contributed by atoms with Crippen molar-refractivity contribution < 1.29 is 9.47 Å². The third-order valence-corrected chi connectivity index (χ3v) is 5.87. The lowest BCUT2D eigenvalue weighted by Crippen LogP contribution is -2.36. The van der Waals surface area contributed by atoms with Crippen molar-refractivity contribution in [2.45, 2.75) is 20.0 Å². The summed E-state index contributed by atoms with van der Waals surface area (Å²) in [5, 5.41) is 8.52. The summed E-state index contributed by atoms with van der Waals surface area (Å²) in [7, 11) is 1.67. The Balaban J connectivity index is 1.68. The lowest BCUT2D eigenvalue weighted by Gasteiger charge is -2.29. The van der Waals surface area contributed by atoms with Crippen LogP contribution in [0.25, 0.3) is 38.8 Å². The molecule has 4 heterocycles. The number of benzene rings is 1. The molecule has 0 radical (unpaired) electrons. The Labute approximate surface area is 201 Å². The third-order valence-electron chi connectivity index (χ3n) is 5.87. The monoisotopic (exact) mass is 474 g/mol. The quantitative estimate of drug-likeness (QED) is 0.217. The molecule has 3 aromatic heterocycles. The van der Waals surface area contributed by atoms with Gasteiger partial charge >= 0.3 is 0 Å². The van der Waals surface area contributed by atoms with Gasteiger partial charge in [-0.3, -0.25) is 0 Å². The molecule has 1 aliphatic rings. The summed E-state index contributed by atoms with van der Waals surface area (Å²) in [6.45, 7) is 6.01. The summed E-state index contributed by atoms with van der Waals surface area (Å²) >= 11 is 0. The molecule has 0 unspecified atom stereocenters. The molecule has 0 atom stereocenters. The Morgan fingerprint density at radius 1 is 1.20 bits per heavy atom. The smallest absolute Gasteiger partial charge is 0.181 e. The van der Waals surface area contributed by atoms with Gasteiger partial charge < -0.3 is 18.9 Å². The van der Waals surface area contributed by atoms with Gasteiger partial charge in [0.25, 0.3) is 0 Å². The first-order valence-electron chi connectivity index (χ1n) is 11.4. The van der Waals surface area contributed by atoms with Crippen LogP contribution in [-0.2, 0) is 22.6 Å². The van der Waals surface area contributed by atoms with Crippen LogP contribution in [0.2, 0.25) is 0 Å². The largest absolute Gasteiger partial charge is 0.383 e. The summed E-state index contributed by atoms with van der Waals surface area (Å²) < 4.78 is 14.5. The van der Waals surface area contributed by atoms with Crippen LogP contribution in [0, 0.1) is 6.92 Å². The number of methoxy groups -OCH3 is 1. The highest BCUT2D eigenvalue weighted by Crippen LogP contribution is 2.29. The maximum atomic E-state index is 8.94. The van der Waals surface area contributed by atoms with Gasteiger partial charge in [0.1, 0.15) is 11.3 Å². The van der Waals surface area contributed by atoms with Crippen molar-refractivity contribution >= 4 is 16.9 Å². The second kappa shape index (κ2) is 10.1. The SMILES string of the molecule is COCCn1cnc2c(N3CCOCC3)cc(-n3nc(-c4cccc(C)c4)nc3CN=[N+]=[N-])nc21. The first-order chi connectivity index (χ1) is 17.2. The highest BCUT2D eigenvalue weighted by Gasteiger charge is 2.22. The molecular formula is C23H26N10O2. The van der Waals surface area contributed by atoms with E-state index in [1.54, 1.807) is 18.1 Å². The van der Waals surface area contributed by atoms with E-state index in [0.29, 0.717) is 43.8 Å². The van der Waals surface area contributed by atoms with Gasteiger partial charge in [0.2, 0.25) is 0 Å². The highest BCUT2D eigenvalue weighted by atomic mass is 16.5. The number of ether oxygens (including phenoxy) is 2. The topological polar surface area (TPSA) is 132 Å². The standard InChI is InChI=1S/C23H26N10O2/c1-16-4-3-5-17(12-16)22-27-20(14-26-30-24)33(29-22)19-13-18(31-7-10-35-11-8-31)21-23(28-19)32(15-25-21)6-9-34-2/h3-5,12-13,15H,6-11,14H2,1-2H3. The molecule has 1 aliphatic heterocycles. The maximum absolute atomic E-state index is 8.94. The number of imidazole rings is 1. The molecule has 0 N–H and O–H groups in total. The summed E-state index contributed by atoms with van der Waals surface area (Å²) in [5.41, 5.74) is 13.4. The number of aromatic nitrogens is 6. The van der Waals surface area contributed by atoms with E-state index in [2.05, 4.69) is 24.9 Å². The summed E-state index contributed by atoms with van der Waals surface area (Å²) in [6, 6.07) is 9.93. The van der Waals surface area contributed by atoms with Crippen LogP contribution >= 0.6 is 0 Å². The van der Waals surface area contributed by atoms with Gasteiger partial charge in [0, 0.05) is 43.3 Å². The van der Waals surface area contributed by atoms with Crippen molar-refractivity contribution in [2.24, 2.45) is 5.11 Å². The predicted octanol–water partition coefficient (Wildman–Crippen LogP) is 3.28. The minimum atomic E-state index is 0.0465. The number of hydrogen-bond donors (Lipinski definition) is 0. The molecule has 0 bridgehead atoms. The predicted molar refractivity (Wildman–Crippen MR) is 130 cm³/mol. The molecule has 1 aromatic carbocycles. The number of azide groups is 1. The zero-order chi connectivity index (χ0) is 24.2. The minimum Gasteiger partial charge on any atom is -0.383 e. The van der Waals surface area contributed by atoms with E-state index in [-0.39, 0.29) is 6.54 Å². The maximum Gasteiger partial charge on any atom is 0.181 e. The molecule has 180 valence electrons. The van der Waals surface area contributed by atoms with E-state index >= 15 is 0 Å². The van der Waals surface area contributed by atoms with E-state index in [9.17, 15) is 0 Å². The van der Waals surface area contributed by atoms with Crippen LogP contribution in [0.4, 0.5) is 5.69 Å². The van der Waals surface area contributed by atoms with Crippen molar-refractivity contribution in [3.63, 3.8) is 0 Å². The number of aryl methyl sites for hydroxylation is 1. The Hall–Kier alpha value is -3.99. The van der Waals surface area contributed by atoms with E-state index < -0.39 is 0 Å². The Bertz CT molecular complexity index is 1380. The summed E-state index contributed by atoms with van der Waals surface area (Å²) in [6.07, 6.45) is 1.78. The Morgan fingerprint density at radius 2 is 2.06 bits per heavy atom. The summed E-state index contributed by atoms with van der Waals surface area (Å²) in [4.78, 5) is 19.4. The zero-order valence-electron chi connectivity index (χ0n) is 19.7. The number of anilines is 1. The lowest BCUT2D eigenvalue weighted by atomic mass is 10.1. The average Bonchev–Trinajstić information content (AvgIpc) is 3.50. The molecule has 4 aromatic rings. The van der Waals surface area contributed by atoms with Gasteiger partial charge in [-0.05, 0) is 18.5 Å². The fourth-order valence-corrected chi connectivity index (χ4v) is 4.14. The normalized spacial score (nSPS) is 13.8. The average molecular weight is 475 g/mol. The minimum absolute atomic E-state index is 0.0465. The number of rotatable bonds is 8. The van der Waals surface area contributed by atoms with Crippen LogP contribution in [0.3, 0.4) is 0 Å². The van der Waals surface area contributed by atoms with Crippen LogP contribution in [0.5, 0.6) is 0 Å². The number of nitrogens with zero attached hydrogens (tertiary/aromatic N) is 10. The number of hydrogen-bond acceptors (Lipinski definition) is 8. The first-order valence-corrected chi connectivity index (χ1v) is 11.4. The number of pyridine rings is 1. The molecule has 1 fully saturated rings. The van der Waals surface area contributed by atoms with E-state index in [4.69, 9.17) is 25.1 Å².